The molecule has 0 unspecified atom stereocenters. The topological polar surface area (TPSA) is 54.9 Å². The van der Waals surface area contributed by atoms with E-state index in [1.807, 2.05) is 19.1 Å². The highest BCUT2D eigenvalue weighted by Gasteiger charge is 2.13. The maximum absolute atomic E-state index is 12.2. The first-order valence-electron chi connectivity index (χ1n) is 7.04. The van der Waals surface area contributed by atoms with Crippen LogP contribution in [0.5, 0.6) is 0 Å². The van der Waals surface area contributed by atoms with E-state index in [9.17, 15) is 4.79 Å². The number of hydrogen-bond acceptors (Lipinski definition) is 4. The molecule has 1 N–H and O–H groups in total. The number of amides is 1. The Morgan fingerprint density at radius 3 is 2.74 bits per heavy atom. The summed E-state index contributed by atoms with van der Waals surface area (Å²) in [4.78, 5) is 21.8. The molecular formula is C17H14ClN3OS. The van der Waals surface area contributed by atoms with Crippen LogP contribution in [0.25, 0.3) is 10.6 Å². The summed E-state index contributed by atoms with van der Waals surface area (Å²) in [6, 6.07) is 10.9. The van der Waals surface area contributed by atoms with E-state index < -0.39 is 0 Å². The third-order valence-electron chi connectivity index (χ3n) is 3.25. The van der Waals surface area contributed by atoms with Gasteiger partial charge in [-0.1, -0.05) is 11.6 Å². The molecule has 0 saturated carbocycles. The minimum Gasteiger partial charge on any atom is -0.326 e. The van der Waals surface area contributed by atoms with Crippen LogP contribution in [0.2, 0.25) is 5.02 Å². The second kappa shape index (κ2) is 6.89. The van der Waals surface area contributed by atoms with Crippen molar-refractivity contribution in [2.45, 2.75) is 13.3 Å². The second-order valence-corrected chi connectivity index (χ2v) is 6.52. The second-order valence-electron chi connectivity index (χ2n) is 5.00. The third kappa shape index (κ3) is 3.94. The van der Waals surface area contributed by atoms with Crippen LogP contribution in [0.4, 0.5) is 5.69 Å². The molecule has 2 aromatic heterocycles. The van der Waals surface area contributed by atoms with E-state index in [0.717, 1.165) is 26.8 Å². The van der Waals surface area contributed by atoms with Gasteiger partial charge in [0.1, 0.15) is 5.01 Å². The molecule has 0 aliphatic carbocycles. The summed E-state index contributed by atoms with van der Waals surface area (Å²) in [5.74, 6) is -0.0724. The number of rotatable bonds is 4. The summed E-state index contributed by atoms with van der Waals surface area (Å²) in [7, 11) is 0. The molecule has 3 rings (SSSR count). The first-order valence-corrected chi connectivity index (χ1v) is 8.23. The van der Waals surface area contributed by atoms with Gasteiger partial charge in [0.2, 0.25) is 5.91 Å². The molecule has 0 aliphatic rings. The van der Waals surface area contributed by atoms with Gasteiger partial charge in [-0.3, -0.25) is 9.78 Å². The number of aryl methyl sites for hydroxylation is 1. The molecule has 0 fully saturated rings. The summed E-state index contributed by atoms with van der Waals surface area (Å²) in [5, 5.41) is 4.38. The monoisotopic (exact) mass is 343 g/mol. The average Bonchev–Trinajstić information content (AvgIpc) is 2.91. The van der Waals surface area contributed by atoms with Gasteiger partial charge in [-0.05, 0) is 43.3 Å². The molecule has 0 bridgehead atoms. The molecule has 2 heterocycles. The number of carbonyl (C=O) groups is 1. The van der Waals surface area contributed by atoms with Gasteiger partial charge in [0.25, 0.3) is 0 Å². The molecule has 23 heavy (non-hydrogen) atoms. The molecular weight excluding hydrogens is 330 g/mol. The quantitative estimate of drug-likeness (QED) is 0.766. The number of aromatic nitrogens is 2. The molecule has 0 radical (unpaired) electrons. The summed E-state index contributed by atoms with van der Waals surface area (Å²) >= 11 is 7.36. The molecule has 0 saturated heterocycles. The summed E-state index contributed by atoms with van der Waals surface area (Å²) in [6.07, 6.45) is 3.80. The molecule has 1 aromatic carbocycles. The van der Waals surface area contributed by atoms with E-state index in [4.69, 9.17) is 11.6 Å². The summed E-state index contributed by atoms with van der Waals surface area (Å²) in [6.45, 7) is 1.92. The van der Waals surface area contributed by atoms with Crippen molar-refractivity contribution in [3.63, 3.8) is 0 Å². The minimum atomic E-state index is -0.0724. The van der Waals surface area contributed by atoms with E-state index in [2.05, 4.69) is 15.3 Å². The first kappa shape index (κ1) is 15.6. The maximum Gasteiger partial charge on any atom is 0.229 e. The molecule has 4 nitrogen and oxygen atoms in total. The largest absolute Gasteiger partial charge is 0.326 e. The van der Waals surface area contributed by atoms with E-state index in [1.54, 1.807) is 36.7 Å². The molecule has 1 amide bonds. The highest BCUT2D eigenvalue weighted by Crippen LogP contribution is 2.27. The number of anilines is 1. The number of halogens is 1. The van der Waals surface area contributed by atoms with Crippen molar-refractivity contribution in [1.82, 2.24) is 9.97 Å². The molecule has 0 aliphatic heterocycles. The van der Waals surface area contributed by atoms with Crippen LogP contribution in [0, 0.1) is 6.92 Å². The van der Waals surface area contributed by atoms with Gasteiger partial charge in [-0.15, -0.1) is 11.3 Å². The normalized spacial score (nSPS) is 10.5. The number of carbonyl (C=O) groups excluding carboxylic acids is 1. The van der Waals surface area contributed by atoms with E-state index in [-0.39, 0.29) is 5.91 Å². The predicted octanol–water partition coefficient (Wildman–Crippen LogP) is 4.35. The van der Waals surface area contributed by atoms with Crippen LogP contribution in [-0.2, 0) is 11.2 Å². The molecule has 6 heteroatoms. The van der Waals surface area contributed by atoms with E-state index in [1.165, 1.54) is 11.3 Å². The zero-order valence-electron chi connectivity index (χ0n) is 12.4. The van der Waals surface area contributed by atoms with E-state index >= 15 is 0 Å². The predicted molar refractivity (Wildman–Crippen MR) is 93.9 cm³/mol. The number of thiazole rings is 1. The molecule has 3 aromatic rings. The van der Waals surface area contributed by atoms with Crippen molar-refractivity contribution >= 4 is 34.5 Å². The van der Waals surface area contributed by atoms with Gasteiger partial charge < -0.3 is 5.32 Å². The number of hydrogen-bond donors (Lipinski definition) is 1. The summed E-state index contributed by atoms with van der Waals surface area (Å²) in [5.41, 5.74) is 2.57. The van der Waals surface area contributed by atoms with Crippen molar-refractivity contribution < 1.29 is 4.79 Å². The Labute approximate surface area is 143 Å². The van der Waals surface area contributed by atoms with E-state index in [0.29, 0.717) is 11.4 Å². The zero-order valence-corrected chi connectivity index (χ0v) is 14.0. The summed E-state index contributed by atoms with van der Waals surface area (Å²) < 4.78 is 0. The lowest BCUT2D eigenvalue weighted by atomic mass is 10.2. The molecule has 116 valence electrons. The minimum absolute atomic E-state index is 0.0724. The Bertz CT molecular complexity index is 816. The highest BCUT2D eigenvalue weighted by molar-refractivity contribution is 7.15. The molecule has 0 atom stereocenters. The van der Waals surface area contributed by atoms with Crippen LogP contribution < -0.4 is 5.32 Å². The smallest absolute Gasteiger partial charge is 0.229 e. The Morgan fingerprint density at radius 1 is 1.26 bits per heavy atom. The Kier molecular flexibility index (Phi) is 4.69. The van der Waals surface area contributed by atoms with Crippen LogP contribution in [0.3, 0.4) is 0 Å². The fourth-order valence-electron chi connectivity index (χ4n) is 2.09. The lowest BCUT2D eigenvalue weighted by Gasteiger charge is -2.04. The van der Waals surface area contributed by atoms with Crippen molar-refractivity contribution in [1.29, 1.82) is 0 Å². The average molecular weight is 344 g/mol. The Balaban J connectivity index is 1.71. The molecule has 0 spiro atoms. The third-order valence-corrected chi connectivity index (χ3v) is 4.71. The van der Waals surface area contributed by atoms with Crippen molar-refractivity contribution in [3.05, 3.63) is 64.4 Å². The van der Waals surface area contributed by atoms with Gasteiger partial charge in [0.05, 0.1) is 12.1 Å². The number of nitrogens with one attached hydrogen (secondary N) is 1. The van der Waals surface area contributed by atoms with Crippen molar-refractivity contribution in [2.24, 2.45) is 0 Å². The Morgan fingerprint density at radius 2 is 2.04 bits per heavy atom. The van der Waals surface area contributed by atoms with Gasteiger partial charge in [0, 0.05) is 33.5 Å². The van der Waals surface area contributed by atoms with Crippen molar-refractivity contribution in [3.8, 4) is 10.6 Å². The number of benzene rings is 1. The van der Waals surface area contributed by atoms with Crippen molar-refractivity contribution in [2.75, 3.05) is 5.32 Å². The highest BCUT2D eigenvalue weighted by atomic mass is 35.5. The van der Waals surface area contributed by atoms with Gasteiger partial charge >= 0.3 is 0 Å². The lowest BCUT2D eigenvalue weighted by Crippen LogP contribution is -2.14. The number of pyridine rings is 1. The fraction of sp³-hybridized carbons (Fsp3) is 0.118. The first-order chi connectivity index (χ1) is 11.1. The zero-order chi connectivity index (χ0) is 16.2. The Hall–Kier alpha value is -2.24. The van der Waals surface area contributed by atoms with Crippen LogP contribution in [0.1, 0.15) is 10.6 Å². The standard InChI is InChI=1S/C17H14ClN3OS/c1-11-15(23-17(20-11)12-3-2-8-19-10-12)9-16(22)21-14-6-4-13(18)5-7-14/h2-8,10H,9H2,1H3,(H,21,22). The number of nitrogens with zero attached hydrogens (tertiary/aromatic N) is 2. The van der Waals surface area contributed by atoms with Crippen LogP contribution in [0.15, 0.2) is 48.8 Å². The fourth-order valence-corrected chi connectivity index (χ4v) is 3.27. The van der Waals surface area contributed by atoms with Crippen LogP contribution in [-0.4, -0.2) is 15.9 Å². The lowest BCUT2D eigenvalue weighted by molar-refractivity contribution is -0.115. The van der Waals surface area contributed by atoms with Gasteiger partial charge in [-0.2, -0.15) is 0 Å². The van der Waals surface area contributed by atoms with Crippen LogP contribution >= 0.6 is 22.9 Å². The van der Waals surface area contributed by atoms with Gasteiger partial charge in [-0.25, -0.2) is 4.98 Å². The van der Waals surface area contributed by atoms with Gasteiger partial charge in [0.15, 0.2) is 0 Å². The maximum atomic E-state index is 12.2. The SMILES string of the molecule is Cc1nc(-c2cccnc2)sc1CC(=O)Nc1ccc(Cl)cc1.